The van der Waals surface area contributed by atoms with Crippen LogP contribution in [0.2, 0.25) is 0 Å². The Hall–Kier alpha value is -1.67. The van der Waals surface area contributed by atoms with E-state index in [0.717, 1.165) is 18.5 Å². The van der Waals surface area contributed by atoms with Crippen LogP contribution in [0.4, 0.5) is 0 Å². The molecule has 1 unspecified atom stereocenters. The van der Waals surface area contributed by atoms with Gasteiger partial charge in [-0.2, -0.15) is 14.5 Å². The van der Waals surface area contributed by atoms with Gasteiger partial charge in [-0.25, -0.2) is 8.42 Å². The van der Waals surface area contributed by atoms with Crippen LogP contribution in [0.1, 0.15) is 35.8 Å². The Morgan fingerprint density at radius 3 is 2.76 bits per heavy atom. The number of rotatable bonds is 3. The fourth-order valence-corrected chi connectivity index (χ4v) is 4.81. The molecule has 0 radical (unpaired) electrons. The minimum atomic E-state index is -3.50. The van der Waals surface area contributed by atoms with E-state index in [-0.39, 0.29) is 5.92 Å². The molecule has 1 aliphatic heterocycles. The van der Waals surface area contributed by atoms with Crippen LogP contribution in [0.5, 0.6) is 0 Å². The van der Waals surface area contributed by atoms with Crippen molar-refractivity contribution in [2.24, 2.45) is 0 Å². The van der Waals surface area contributed by atoms with Crippen molar-refractivity contribution in [3.05, 3.63) is 29.3 Å². The minimum absolute atomic E-state index is 0.170. The van der Waals surface area contributed by atoms with Gasteiger partial charge in [0.2, 0.25) is 10.0 Å². The third-order valence-electron chi connectivity index (χ3n) is 4.00. The lowest BCUT2D eigenvalue weighted by atomic mass is 9.96. The summed E-state index contributed by atoms with van der Waals surface area (Å²) in [7, 11) is -3.50. The molecule has 0 saturated carbocycles. The van der Waals surface area contributed by atoms with Crippen LogP contribution in [0.15, 0.2) is 17.2 Å². The normalized spacial score (nSPS) is 20.8. The molecule has 0 bridgehead atoms. The van der Waals surface area contributed by atoms with Gasteiger partial charge in [0.05, 0.1) is 11.4 Å². The second-order valence-corrected chi connectivity index (χ2v) is 7.35. The Bertz CT molecular complexity index is 700. The molecule has 2 N–H and O–H groups in total. The molecular weight excluding hydrogens is 290 g/mol. The van der Waals surface area contributed by atoms with E-state index in [4.69, 9.17) is 0 Å². The van der Waals surface area contributed by atoms with Crippen molar-refractivity contribution in [2.75, 3.05) is 13.1 Å². The van der Waals surface area contributed by atoms with Crippen molar-refractivity contribution < 1.29 is 8.42 Å². The highest BCUT2D eigenvalue weighted by molar-refractivity contribution is 7.89. The third-order valence-corrected chi connectivity index (χ3v) is 6.13. The van der Waals surface area contributed by atoms with Crippen LogP contribution in [0.25, 0.3) is 0 Å². The Labute approximate surface area is 123 Å². The molecule has 8 heteroatoms. The highest BCUT2D eigenvalue weighted by Gasteiger charge is 2.34. The van der Waals surface area contributed by atoms with Crippen LogP contribution in [0, 0.1) is 13.8 Å². The topological polar surface area (TPSA) is 94.7 Å². The summed E-state index contributed by atoms with van der Waals surface area (Å²) in [5.74, 6) is 0.170. The van der Waals surface area contributed by atoms with E-state index in [1.54, 1.807) is 24.3 Å². The standard InChI is InChI=1S/C13H19N5O2S/c1-9-13(10(2)16-15-9)21(19,20)18-7-3-4-11(8-18)12-5-6-14-17-12/h5-6,11H,3-4,7-8H2,1-2H3,(H,14,17)(H,15,16). The summed E-state index contributed by atoms with van der Waals surface area (Å²) in [4.78, 5) is 0.313. The van der Waals surface area contributed by atoms with E-state index in [1.165, 1.54) is 0 Å². The van der Waals surface area contributed by atoms with E-state index in [2.05, 4.69) is 20.4 Å². The predicted octanol–water partition coefficient (Wildman–Crippen LogP) is 1.32. The SMILES string of the molecule is Cc1n[nH]c(C)c1S(=O)(=O)N1CCCC(c2ccn[nH]2)C1. The highest BCUT2D eigenvalue weighted by Crippen LogP contribution is 2.30. The quantitative estimate of drug-likeness (QED) is 0.894. The molecule has 1 aliphatic rings. The smallest absolute Gasteiger partial charge is 0.246 e. The van der Waals surface area contributed by atoms with Gasteiger partial charge in [0, 0.05) is 30.9 Å². The number of H-pyrrole nitrogens is 2. The zero-order chi connectivity index (χ0) is 15.0. The number of aryl methyl sites for hydroxylation is 2. The minimum Gasteiger partial charge on any atom is -0.282 e. The molecular formula is C13H19N5O2S. The number of nitrogens with one attached hydrogen (secondary N) is 2. The summed E-state index contributed by atoms with van der Waals surface area (Å²) < 4.78 is 27.3. The highest BCUT2D eigenvalue weighted by atomic mass is 32.2. The number of nitrogens with zero attached hydrogens (tertiary/aromatic N) is 3. The molecule has 0 amide bonds. The second kappa shape index (κ2) is 5.27. The van der Waals surface area contributed by atoms with Gasteiger partial charge in [0.25, 0.3) is 0 Å². The zero-order valence-corrected chi connectivity index (χ0v) is 12.9. The van der Waals surface area contributed by atoms with Gasteiger partial charge in [-0.1, -0.05) is 0 Å². The van der Waals surface area contributed by atoms with Crippen molar-refractivity contribution in [2.45, 2.75) is 37.5 Å². The van der Waals surface area contributed by atoms with Crippen molar-refractivity contribution >= 4 is 10.0 Å². The maximum Gasteiger partial charge on any atom is 0.246 e. The van der Waals surface area contributed by atoms with E-state index in [1.807, 2.05) is 6.07 Å². The molecule has 2 aromatic rings. The van der Waals surface area contributed by atoms with Gasteiger partial charge in [-0.05, 0) is 32.8 Å². The number of hydrogen-bond donors (Lipinski definition) is 2. The number of aromatic nitrogens is 4. The monoisotopic (exact) mass is 309 g/mol. The fourth-order valence-electron chi connectivity index (χ4n) is 2.96. The molecule has 7 nitrogen and oxygen atoms in total. The van der Waals surface area contributed by atoms with Gasteiger partial charge in [0.15, 0.2) is 0 Å². The largest absolute Gasteiger partial charge is 0.282 e. The maximum atomic E-state index is 12.8. The van der Waals surface area contributed by atoms with Gasteiger partial charge in [0.1, 0.15) is 4.90 Å². The van der Waals surface area contributed by atoms with Gasteiger partial charge < -0.3 is 0 Å². The molecule has 1 fully saturated rings. The molecule has 0 spiro atoms. The summed E-state index contributed by atoms with van der Waals surface area (Å²) in [6.45, 7) is 4.49. The number of hydrogen-bond acceptors (Lipinski definition) is 4. The molecule has 1 atom stereocenters. The Morgan fingerprint density at radius 2 is 2.14 bits per heavy atom. The van der Waals surface area contributed by atoms with Gasteiger partial charge in [-0.15, -0.1) is 0 Å². The van der Waals surface area contributed by atoms with Crippen LogP contribution in [-0.4, -0.2) is 46.2 Å². The first-order valence-corrected chi connectivity index (χ1v) is 8.45. The fraction of sp³-hybridized carbons (Fsp3) is 0.538. The first-order valence-electron chi connectivity index (χ1n) is 7.01. The lowest BCUT2D eigenvalue weighted by molar-refractivity contribution is 0.312. The van der Waals surface area contributed by atoms with Crippen molar-refractivity contribution in [1.82, 2.24) is 24.7 Å². The van der Waals surface area contributed by atoms with E-state index >= 15 is 0 Å². The summed E-state index contributed by atoms with van der Waals surface area (Å²) in [5, 5.41) is 13.6. The van der Waals surface area contributed by atoms with Crippen molar-refractivity contribution in [3.63, 3.8) is 0 Å². The van der Waals surface area contributed by atoms with Crippen molar-refractivity contribution in [3.8, 4) is 0 Å². The van der Waals surface area contributed by atoms with Gasteiger partial charge in [-0.3, -0.25) is 10.2 Å². The van der Waals surface area contributed by atoms with E-state index in [0.29, 0.717) is 29.4 Å². The number of sulfonamides is 1. The zero-order valence-electron chi connectivity index (χ0n) is 12.1. The molecule has 0 aliphatic carbocycles. The predicted molar refractivity (Wildman–Crippen MR) is 77.4 cm³/mol. The van der Waals surface area contributed by atoms with Crippen LogP contribution < -0.4 is 0 Å². The average molecular weight is 309 g/mol. The summed E-state index contributed by atoms with van der Waals surface area (Å²) in [6.07, 6.45) is 3.52. The van der Waals surface area contributed by atoms with E-state index in [9.17, 15) is 8.42 Å². The lowest BCUT2D eigenvalue weighted by Crippen LogP contribution is -2.39. The summed E-state index contributed by atoms with van der Waals surface area (Å²) >= 11 is 0. The van der Waals surface area contributed by atoms with E-state index < -0.39 is 10.0 Å². The summed E-state index contributed by atoms with van der Waals surface area (Å²) in [6, 6.07) is 1.91. The first-order chi connectivity index (χ1) is 10.00. The molecule has 21 heavy (non-hydrogen) atoms. The Balaban J connectivity index is 1.89. The maximum absolute atomic E-state index is 12.8. The lowest BCUT2D eigenvalue weighted by Gasteiger charge is -2.31. The molecule has 1 saturated heterocycles. The third kappa shape index (κ3) is 2.49. The molecule has 3 heterocycles. The Kier molecular flexibility index (Phi) is 3.58. The summed E-state index contributed by atoms with van der Waals surface area (Å²) in [5.41, 5.74) is 2.11. The molecule has 114 valence electrons. The van der Waals surface area contributed by atoms with Crippen molar-refractivity contribution in [1.29, 1.82) is 0 Å². The van der Waals surface area contributed by atoms with Crippen LogP contribution in [0.3, 0.4) is 0 Å². The average Bonchev–Trinajstić information content (AvgIpc) is 3.09. The first kappa shape index (κ1) is 14.3. The number of piperidine rings is 1. The Morgan fingerprint density at radius 1 is 1.33 bits per heavy atom. The van der Waals surface area contributed by atoms with Crippen LogP contribution >= 0.6 is 0 Å². The van der Waals surface area contributed by atoms with Crippen LogP contribution in [-0.2, 0) is 10.0 Å². The molecule has 0 aromatic carbocycles. The second-order valence-electron chi connectivity index (χ2n) is 5.48. The molecule has 2 aromatic heterocycles. The van der Waals surface area contributed by atoms with Gasteiger partial charge >= 0.3 is 0 Å². The number of aromatic amines is 2. The molecule has 3 rings (SSSR count).